The summed E-state index contributed by atoms with van der Waals surface area (Å²) < 4.78 is 11.2. The van der Waals surface area contributed by atoms with Crippen molar-refractivity contribution in [2.24, 2.45) is 5.73 Å². The molecule has 1 saturated heterocycles. The largest absolute Gasteiger partial charge is 0.469 e. The average molecular weight is 444 g/mol. The van der Waals surface area contributed by atoms with Crippen molar-refractivity contribution in [3.8, 4) is 11.4 Å². The lowest BCUT2D eigenvalue weighted by molar-refractivity contribution is 0.0515. The lowest BCUT2D eigenvalue weighted by Crippen LogP contribution is -2.14. The number of carbonyl (C=O) groups is 1. The molecule has 0 bridgehead atoms. The van der Waals surface area contributed by atoms with E-state index in [0.29, 0.717) is 17.9 Å². The van der Waals surface area contributed by atoms with Gasteiger partial charge in [-0.3, -0.25) is 9.78 Å². The first-order valence-corrected chi connectivity index (χ1v) is 10.9. The molecule has 3 N–H and O–H groups in total. The minimum Gasteiger partial charge on any atom is -0.469 e. The number of fused-ring (bicyclic) bond motifs is 1. The number of hydrogen-bond acceptors (Lipinski definition) is 6. The smallest absolute Gasteiger partial charge is 0.248 e. The Labute approximate surface area is 191 Å². The molecule has 0 saturated carbocycles. The zero-order valence-electron chi connectivity index (χ0n) is 18.5. The van der Waals surface area contributed by atoms with Crippen LogP contribution in [-0.2, 0) is 15.9 Å². The number of carbonyl (C=O) groups excluding carboxylic acids is 1. The predicted octanol–water partition coefficient (Wildman–Crippen LogP) is 3.94. The highest BCUT2D eigenvalue weighted by molar-refractivity contribution is 5.93. The lowest BCUT2D eigenvalue weighted by Gasteiger charge is -2.16. The van der Waals surface area contributed by atoms with Crippen LogP contribution in [0.1, 0.15) is 35.1 Å². The molecule has 3 aromatic rings. The molecule has 0 radical (unpaired) electrons. The van der Waals surface area contributed by atoms with Gasteiger partial charge in [0.2, 0.25) is 11.9 Å². The first kappa shape index (κ1) is 21.0. The number of primary amides is 1. The molecular weight excluding hydrogens is 418 g/mol. The summed E-state index contributed by atoms with van der Waals surface area (Å²) in [5.74, 6) is 1.06. The van der Waals surface area contributed by atoms with Crippen molar-refractivity contribution in [3.05, 3.63) is 77.3 Å². The average Bonchev–Trinajstić information content (AvgIpc) is 3.50. The molecule has 1 aromatic carbocycles. The third kappa shape index (κ3) is 4.01. The van der Waals surface area contributed by atoms with Crippen molar-refractivity contribution in [2.45, 2.75) is 25.9 Å². The van der Waals surface area contributed by atoms with Gasteiger partial charge in [0.05, 0.1) is 17.1 Å². The fourth-order valence-corrected chi connectivity index (χ4v) is 4.02. The van der Waals surface area contributed by atoms with Crippen LogP contribution in [0, 0.1) is 0 Å². The summed E-state index contributed by atoms with van der Waals surface area (Å²) in [5.41, 5.74) is 11.3. The molecule has 0 spiro atoms. The van der Waals surface area contributed by atoms with E-state index >= 15 is 0 Å². The number of aromatic nitrogens is 3. The quantitative estimate of drug-likeness (QED) is 0.598. The second-order valence-electron chi connectivity index (χ2n) is 8.00. The van der Waals surface area contributed by atoms with Crippen LogP contribution < -0.4 is 10.6 Å². The van der Waals surface area contributed by atoms with E-state index in [9.17, 15) is 4.79 Å². The minimum absolute atomic E-state index is 0.0907. The molecule has 2 aromatic heterocycles. The molecule has 1 atom stereocenters. The second-order valence-corrected chi connectivity index (χ2v) is 8.00. The molecule has 1 aliphatic heterocycles. The van der Waals surface area contributed by atoms with E-state index in [4.69, 9.17) is 25.2 Å². The van der Waals surface area contributed by atoms with Crippen molar-refractivity contribution in [1.29, 1.82) is 0 Å². The van der Waals surface area contributed by atoms with E-state index in [1.807, 2.05) is 54.4 Å². The molecule has 1 amide bonds. The standard InChI is InChI=1S/C25H25N5O3/c1-3-17-5-4-6-19(27-17)23-22(16-9-12-20-21(13-16)33-14-32-20)28-25(29-23)30(2)18-10-7-15(8-11-18)24(26)31/h4-12,21H,3,13-14H2,1-2H3,(H2,26,31)(H,28,29). The van der Waals surface area contributed by atoms with Crippen molar-refractivity contribution < 1.29 is 14.3 Å². The first-order valence-electron chi connectivity index (χ1n) is 10.9. The summed E-state index contributed by atoms with van der Waals surface area (Å²) in [6.45, 7) is 2.36. The Bertz CT molecular complexity index is 1260. The van der Waals surface area contributed by atoms with Crippen molar-refractivity contribution in [3.63, 3.8) is 0 Å². The van der Waals surface area contributed by atoms with Crippen LogP contribution in [0.5, 0.6) is 0 Å². The third-order valence-corrected chi connectivity index (χ3v) is 5.94. The number of aromatic amines is 1. The molecule has 8 heteroatoms. The molecule has 1 fully saturated rings. The van der Waals surface area contributed by atoms with Gasteiger partial charge in [0, 0.05) is 30.4 Å². The number of anilines is 2. The number of hydrogen-bond donors (Lipinski definition) is 2. The van der Waals surface area contributed by atoms with Gasteiger partial charge in [0.15, 0.2) is 6.79 Å². The van der Waals surface area contributed by atoms with E-state index < -0.39 is 5.91 Å². The number of H-pyrrole nitrogens is 1. The molecule has 2 aliphatic rings. The summed E-state index contributed by atoms with van der Waals surface area (Å²) in [6, 6.07) is 13.1. The Morgan fingerprint density at radius 2 is 2.00 bits per heavy atom. The zero-order valence-corrected chi connectivity index (χ0v) is 18.5. The van der Waals surface area contributed by atoms with Crippen LogP contribution in [0.3, 0.4) is 0 Å². The Kier molecular flexibility index (Phi) is 5.43. The number of pyridine rings is 1. The summed E-state index contributed by atoms with van der Waals surface area (Å²) in [7, 11) is 1.92. The van der Waals surface area contributed by atoms with Crippen LogP contribution in [0.25, 0.3) is 17.0 Å². The van der Waals surface area contributed by atoms with E-state index in [2.05, 4.69) is 11.9 Å². The lowest BCUT2D eigenvalue weighted by atomic mass is 9.96. The van der Waals surface area contributed by atoms with Crippen LogP contribution in [-0.4, -0.2) is 40.8 Å². The fraction of sp³-hybridized carbons (Fsp3) is 0.240. The Morgan fingerprint density at radius 3 is 2.76 bits per heavy atom. The molecule has 33 heavy (non-hydrogen) atoms. The monoisotopic (exact) mass is 443 g/mol. The highest BCUT2D eigenvalue weighted by Crippen LogP contribution is 2.37. The normalized spacial score (nSPS) is 17.1. The maximum absolute atomic E-state index is 11.4. The van der Waals surface area contributed by atoms with Gasteiger partial charge in [-0.05, 0) is 54.5 Å². The zero-order chi connectivity index (χ0) is 22.9. The van der Waals surface area contributed by atoms with Gasteiger partial charge in [0.25, 0.3) is 0 Å². The third-order valence-electron chi connectivity index (χ3n) is 5.94. The molecule has 1 unspecified atom stereocenters. The minimum atomic E-state index is -0.455. The maximum Gasteiger partial charge on any atom is 0.248 e. The van der Waals surface area contributed by atoms with Gasteiger partial charge in [-0.15, -0.1) is 0 Å². The summed E-state index contributed by atoms with van der Waals surface area (Å²) in [5, 5.41) is 0. The highest BCUT2D eigenvalue weighted by Gasteiger charge is 2.30. The number of nitrogens with zero attached hydrogens (tertiary/aromatic N) is 3. The Hall–Kier alpha value is -3.91. The van der Waals surface area contributed by atoms with Crippen LogP contribution in [0.15, 0.2) is 60.4 Å². The number of imidazole rings is 1. The van der Waals surface area contributed by atoms with E-state index in [1.165, 1.54) is 0 Å². The molecular formula is C25H25N5O3. The van der Waals surface area contributed by atoms with Gasteiger partial charge in [-0.2, -0.15) is 0 Å². The molecule has 168 valence electrons. The van der Waals surface area contributed by atoms with Crippen LogP contribution >= 0.6 is 0 Å². The Balaban J connectivity index is 1.56. The number of nitrogens with two attached hydrogens (primary N) is 1. The number of rotatable bonds is 6. The molecule has 3 heterocycles. The summed E-state index contributed by atoms with van der Waals surface area (Å²) >= 11 is 0. The number of aryl methyl sites for hydroxylation is 1. The van der Waals surface area contributed by atoms with Crippen LogP contribution in [0.2, 0.25) is 0 Å². The van der Waals surface area contributed by atoms with Gasteiger partial charge in [-0.1, -0.05) is 19.1 Å². The Morgan fingerprint density at radius 1 is 1.18 bits per heavy atom. The highest BCUT2D eigenvalue weighted by atomic mass is 16.7. The van der Waals surface area contributed by atoms with E-state index in [1.54, 1.807) is 12.1 Å². The van der Waals surface area contributed by atoms with E-state index in [-0.39, 0.29) is 12.9 Å². The van der Waals surface area contributed by atoms with Crippen molar-refractivity contribution in [2.75, 3.05) is 18.7 Å². The van der Waals surface area contributed by atoms with Gasteiger partial charge in [0.1, 0.15) is 11.9 Å². The topological polar surface area (TPSA) is 106 Å². The summed E-state index contributed by atoms with van der Waals surface area (Å²) in [6.07, 6.45) is 5.42. The van der Waals surface area contributed by atoms with Crippen molar-refractivity contribution >= 4 is 23.1 Å². The van der Waals surface area contributed by atoms with Gasteiger partial charge >= 0.3 is 0 Å². The number of ether oxygens (including phenoxy) is 2. The summed E-state index contributed by atoms with van der Waals surface area (Å²) in [4.78, 5) is 26.6. The number of benzene rings is 1. The fourth-order valence-electron chi connectivity index (χ4n) is 4.02. The SMILES string of the molecule is CCc1cccc(-c2[nH]c(N(C)c3ccc(C(N)=O)cc3)nc2C2=CC=C3OCOC3C2)n1. The van der Waals surface area contributed by atoms with Gasteiger partial charge < -0.3 is 25.1 Å². The molecule has 8 nitrogen and oxygen atoms in total. The molecule has 5 rings (SSSR count). The van der Waals surface area contributed by atoms with Crippen molar-refractivity contribution in [1.82, 2.24) is 15.0 Å². The molecule has 1 aliphatic carbocycles. The number of nitrogens with one attached hydrogen (secondary N) is 1. The van der Waals surface area contributed by atoms with E-state index in [0.717, 1.165) is 46.2 Å². The van der Waals surface area contributed by atoms with Gasteiger partial charge in [-0.25, -0.2) is 4.98 Å². The second kappa shape index (κ2) is 8.55. The number of allylic oxidation sites excluding steroid dienone is 2. The first-order chi connectivity index (χ1) is 16.0. The maximum atomic E-state index is 11.4. The predicted molar refractivity (Wildman–Crippen MR) is 126 cm³/mol. The van der Waals surface area contributed by atoms with Crippen LogP contribution in [0.4, 0.5) is 11.6 Å². The number of amides is 1.